The molecule has 2 aromatic carbocycles. The Hall–Kier alpha value is -2.04. The lowest BCUT2D eigenvalue weighted by atomic mass is 9.62. The number of fused-ring (bicyclic) bond motifs is 2. The molecule has 1 aliphatic carbocycles. The van der Waals surface area contributed by atoms with Gasteiger partial charge in [0, 0.05) is 37.0 Å². The van der Waals surface area contributed by atoms with Crippen molar-refractivity contribution in [1.82, 2.24) is 4.90 Å². The standard InChI is InChI=1S/C23H29NO3/c1-26-21-12-10-18(11-13-21)23(25)19-7-5-8-20(23)16-24(15-19)14-17-6-3-4-9-22(17)27-2/h3-4,6,9-13,19-20,25H,5,7-8,14-16H2,1-2H3. The van der Waals surface area contributed by atoms with Crippen molar-refractivity contribution in [3.05, 3.63) is 59.7 Å². The lowest BCUT2D eigenvalue weighted by Crippen LogP contribution is -2.57. The fourth-order valence-corrected chi connectivity index (χ4v) is 5.08. The van der Waals surface area contributed by atoms with Gasteiger partial charge in [-0.2, -0.15) is 0 Å². The van der Waals surface area contributed by atoms with E-state index in [0.717, 1.165) is 49.5 Å². The van der Waals surface area contributed by atoms with Crippen molar-refractivity contribution < 1.29 is 14.6 Å². The molecule has 2 fully saturated rings. The summed E-state index contributed by atoms with van der Waals surface area (Å²) in [5.41, 5.74) is 1.52. The molecule has 0 amide bonds. The third kappa shape index (κ3) is 3.32. The Balaban J connectivity index is 1.56. The quantitative estimate of drug-likeness (QED) is 0.872. The number of aliphatic hydroxyl groups is 1. The van der Waals surface area contributed by atoms with Gasteiger partial charge in [0.05, 0.1) is 19.8 Å². The maximum Gasteiger partial charge on any atom is 0.123 e. The van der Waals surface area contributed by atoms with Crippen LogP contribution in [0.5, 0.6) is 11.5 Å². The molecule has 2 unspecified atom stereocenters. The second-order valence-corrected chi connectivity index (χ2v) is 7.88. The van der Waals surface area contributed by atoms with Gasteiger partial charge in [-0.15, -0.1) is 0 Å². The van der Waals surface area contributed by atoms with E-state index in [0.29, 0.717) is 0 Å². The highest BCUT2D eigenvalue weighted by Crippen LogP contribution is 2.49. The van der Waals surface area contributed by atoms with Crippen LogP contribution in [0.4, 0.5) is 0 Å². The number of hydrogen-bond acceptors (Lipinski definition) is 4. The first-order valence-electron chi connectivity index (χ1n) is 9.86. The highest BCUT2D eigenvalue weighted by molar-refractivity contribution is 5.35. The number of nitrogens with zero attached hydrogens (tertiary/aromatic N) is 1. The smallest absolute Gasteiger partial charge is 0.123 e. The van der Waals surface area contributed by atoms with Crippen molar-refractivity contribution in [1.29, 1.82) is 0 Å². The highest BCUT2D eigenvalue weighted by Gasteiger charge is 2.51. The summed E-state index contributed by atoms with van der Waals surface area (Å²) in [5.74, 6) is 2.29. The van der Waals surface area contributed by atoms with E-state index in [1.807, 2.05) is 36.4 Å². The van der Waals surface area contributed by atoms with Crippen molar-refractivity contribution in [2.45, 2.75) is 31.4 Å². The van der Waals surface area contributed by atoms with Gasteiger partial charge >= 0.3 is 0 Å². The molecule has 4 rings (SSSR count). The van der Waals surface area contributed by atoms with Crippen LogP contribution >= 0.6 is 0 Å². The van der Waals surface area contributed by atoms with Crippen LogP contribution in [0.25, 0.3) is 0 Å². The third-order valence-electron chi connectivity index (χ3n) is 6.45. The predicted molar refractivity (Wildman–Crippen MR) is 106 cm³/mol. The molecule has 0 radical (unpaired) electrons. The van der Waals surface area contributed by atoms with Crippen molar-refractivity contribution in [2.24, 2.45) is 11.8 Å². The average molecular weight is 367 g/mol. The zero-order valence-electron chi connectivity index (χ0n) is 16.2. The van der Waals surface area contributed by atoms with Crippen molar-refractivity contribution in [3.8, 4) is 11.5 Å². The minimum Gasteiger partial charge on any atom is -0.497 e. The second-order valence-electron chi connectivity index (χ2n) is 7.88. The largest absolute Gasteiger partial charge is 0.497 e. The van der Waals surface area contributed by atoms with E-state index in [9.17, 15) is 5.11 Å². The summed E-state index contributed by atoms with van der Waals surface area (Å²) in [6, 6.07) is 16.2. The molecule has 2 aliphatic rings. The Morgan fingerprint density at radius 1 is 0.963 bits per heavy atom. The van der Waals surface area contributed by atoms with Crippen LogP contribution in [0.1, 0.15) is 30.4 Å². The molecule has 27 heavy (non-hydrogen) atoms. The predicted octanol–water partition coefficient (Wildman–Crippen LogP) is 3.82. The van der Waals surface area contributed by atoms with Gasteiger partial charge in [-0.05, 0) is 36.6 Å². The number of ether oxygens (including phenoxy) is 2. The Morgan fingerprint density at radius 3 is 2.26 bits per heavy atom. The van der Waals surface area contributed by atoms with Crippen LogP contribution in [0.2, 0.25) is 0 Å². The lowest BCUT2D eigenvalue weighted by Gasteiger charge is -2.53. The van der Waals surface area contributed by atoms with Crippen LogP contribution < -0.4 is 9.47 Å². The molecule has 4 heteroatoms. The molecule has 1 saturated carbocycles. The number of likely N-dealkylation sites (tertiary alicyclic amines) is 1. The van der Waals surface area contributed by atoms with Crippen LogP contribution in [-0.4, -0.2) is 37.3 Å². The molecule has 2 atom stereocenters. The third-order valence-corrected chi connectivity index (χ3v) is 6.45. The van der Waals surface area contributed by atoms with Gasteiger partial charge < -0.3 is 14.6 Å². The number of rotatable bonds is 5. The minimum absolute atomic E-state index is 0.258. The number of methoxy groups -OCH3 is 2. The maximum absolute atomic E-state index is 11.8. The first kappa shape index (κ1) is 18.3. The molecule has 0 spiro atoms. The fourth-order valence-electron chi connectivity index (χ4n) is 5.08. The van der Waals surface area contributed by atoms with Gasteiger partial charge in [-0.1, -0.05) is 36.8 Å². The van der Waals surface area contributed by atoms with Gasteiger partial charge in [0.1, 0.15) is 11.5 Å². The Morgan fingerprint density at radius 2 is 1.63 bits per heavy atom. The topological polar surface area (TPSA) is 41.9 Å². The zero-order chi connectivity index (χ0) is 18.9. The van der Waals surface area contributed by atoms with Crippen LogP contribution in [0.3, 0.4) is 0 Å². The second kappa shape index (κ2) is 7.53. The zero-order valence-corrected chi connectivity index (χ0v) is 16.2. The normalized spacial score (nSPS) is 28.0. The van der Waals surface area contributed by atoms with E-state index in [2.05, 4.69) is 17.0 Å². The van der Waals surface area contributed by atoms with E-state index in [1.165, 1.54) is 12.0 Å². The molecular weight excluding hydrogens is 338 g/mol. The fraction of sp³-hybridized carbons (Fsp3) is 0.478. The molecule has 2 aromatic rings. The van der Waals surface area contributed by atoms with Gasteiger partial charge in [0.2, 0.25) is 0 Å². The van der Waals surface area contributed by atoms with Gasteiger partial charge in [0.15, 0.2) is 0 Å². The number of piperidine rings is 1. The summed E-state index contributed by atoms with van der Waals surface area (Å²) in [6.07, 6.45) is 3.35. The molecule has 1 heterocycles. The van der Waals surface area contributed by atoms with Crippen LogP contribution in [0.15, 0.2) is 48.5 Å². The Labute approximate surface area is 161 Å². The molecule has 2 bridgehead atoms. The molecule has 1 saturated heterocycles. The molecule has 0 aromatic heterocycles. The molecule has 4 nitrogen and oxygen atoms in total. The van der Waals surface area contributed by atoms with E-state index < -0.39 is 5.60 Å². The minimum atomic E-state index is -0.734. The Bertz CT molecular complexity index is 759. The SMILES string of the molecule is COc1ccc(C2(O)C3CCCC2CN(Cc2ccccc2OC)C3)cc1. The number of benzene rings is 2. The number of hydrogen-bond donors (Lipinski definition) is 1. The maximum atomic E-state index is 11.8. The van der Waals surface area contributed by atoms with Gasteiger partial charge in [-0.25, -0.2) is 0 Å². The summed E-state index contributed by atoms with van der Waals surface area (Å²) in [4.78, 5) is 2.49. The molecular formula is C23H29NO3. The molecule has 1 N–H and O–H groups in total. The van der Waals surface area contributed by atoms with E-state index >= 15 is 0 Å². The average Bonchev–Trinajstić information content (AvgIpc) is 2.69. The Kier molecular flexibility index (Phi) is 5.11. The number of para-hydroxylation sites is 1. The summed E-state index contributed by atoms with van der Waals surface area (Å²) in [5, 5.41) is 11.8. The van der Waals surface area contributed by atoms with Gasteiger partial charge in [0.25, 0.3) is 0 Å². The highest BCUT2D eigenvalue weighted by atomic mass is 16.5. The van der Waals surface area contributed by atoms with Crippen LogP contribution in [-0.2, 0) is 12.1 Å². The van der Waals surface area contributed by atoms with Crippen LogP contribution in [0, 0.1) is 11.8 Å². The molecule has 144 valence electrons. The lowest BCUT2D eigenvalue weighted by molar-refractivity contribution is -0.148. The summed E-state index contributed by atoms with van der Waals surface area (Å²) in [6.45, 7) is 2.70. The van der Waals surface area contributed by atoms with Gasteiger partial charge in [-0.3, -0.25) is 4.90 Å². The van der Waals surface area contributed by atoms with E-state index in [-0.39, 0.29) is 11.8 Å². The van der Waals surface area contributed by atoms with Crippen molar-refractivity contribution in [3.63, 3.8) is 0 Å². The molecule has 1 aliphatic heterocycles. The summed E-state index contributed by atoms with van der Waals surface area (Å²) in [7, 11) is 3.40. The van der Waals surface area contributed by atoms with E-state index in [4.69, 9.17) is 9.47 Å². The summed E-state index contributed by atoms with van der Waals surface area (Å²) < 4.78 is 10.8. The first-order chi connectivity index (χ1) is 13.1. The summed E-state index contributed by atoms with van der Waals surface area (Å²) >= 11 is 0. The first-order valence-corrected chi connectivity index (χ1v) is 9.86. The van der Waals surface area contributed by atoms with Crippen molar-refractivity contribution >= 4 is 0 Å². The van der Waals surface area contributed by atoms with E-state index in [1.54, 1.807) is 14.2 Å². The monoisotopic (exact) mass is 367 g/mol. The van der Waals surface area contributed by atoms with Crippen molar-refractivity contribution in [2.75, 3.05) is 27.3 Å².